The minimum absolute atomic E-state index is 0.0908. The molecule has 3 rings (SSSR count). The molecule has 0 fully saturated rings. The van der Waals surface area contributed by atoms with Crippen molar-refractivity contribution in [3.63, 3.8) is 0 Å². The lowest BCUT2D eigenvalue weighted by Crippen LogP contribution is -2.49. The molecule has 0 saturated carbocycles. The average Bonchev–Trinajstić information content (AvgIpc) is 2.86. The van der Waals surface area contributed by atoms with Gasteiger partial charge in [-0.15, -0.1) is 0 Å². The second-order valence-corrected chi connectivity index (χ2v) is 8.67. The lowest BCUT2D eigenvalue weighted by Gasteiger charge is -2.31. The molecule has 3 aromatic carbocycles. The molecule has 3 aromatic rings. The van der Waals surface area contributed by atoms with Crippen LogP contribution in [0.25, 0.3) is 0 Å². The van der Waals surface area contributed by atoms with E-state index in [1.54, 1.807) is 24.1 Å². The number of carbonyl (C=O) groups excluding carboxylic acids is 2. The number of likely N-dealkylation sites (N-methyl/N-ethyl adjacent to an activating group) is 1. The molecule has 0 unspecified atom stereocenters. The molecule has 6 heteroatoms. The van der Waals surface area contributed by atoms with Crippen molar-refractivity contribution in [2.24, 2.45) is 0 Å². The Labute approximate surface area is 206 Å². The molecule has 1 N–H and O–H groups in total. The van der Waals surface area contributed by atoms with Crippen molar-refractivity contribution >= 4 is 23.4 Å². The first-order chi connectivity index (χ1) is 16.5. The fraction of sp³-hybridized carbons (Fsp3) is 0.286. The summed E-state index contributed by atoms with van der Waals surface area (Å²) in [5.41, 5.74) is 3.07. The Hall–Kier alpha value is -3.31. The van der Waals surface area contributed by atoms with Crippen LogP contribution in [0.1, 0.15) is 29.5 Å². The van der Waals surface area contributed by atoms with Crippen LogP contribution in [0.4, 0.5) is 0 Å². The van der Waals surface area contributed by atoms with Crippen LogP contribution >= 0.6 is 11.6 Å². The Balaban J connectivity index is 1.73. The number of hydrogen-bond donors (Lipinski definition) is 1. The van der Waals surface area contributed by atoms with Gasteiger partial charge in [0.05, 0.1) is 6.61 Å². The predicted molar refractivity (Wildman–Crippen MR) is 136 cm³/mol. The number of hydrogen-bond acceptors (Lipinski definition) is 3. The van der Waals surface area contributed by atoms with Gasteiger partial charge in [0.2, 0.25) is 11.8 Å². The summed E-state index contributed by atoms with van der Waals surface area (Å²) in [6.45, 7) is 2.77. The largest absolute Gasteiger partial charge is 0.494 e. The number of benzene rings is 3. The highest BCUT2D eigenvalue weighted by Crippen LogP contribution is 2.18. The molecule has 0 saturated heterocycles. The van der Waals surface area contributed by atoms with Gasteiger partial charge in [-0.2, -0.15) is 0 Å². The van der Waals surface area contributed by atoms with Crippen LogP contribution < -0.4 is 10.1 Å². The summed E-state index contributed by atoms with van der Waals surface area (Å²) in [7, 11) is 1.60. The molecule has 0 aliphatic heterocycles. The van der Waals surface area contributed by atoms with Gasteiger partial charge in [0.1, 0.15) is 11.8 Å². The summed E-state index contributed by atoms with van der Waals surface area (Å²) in [6, 6.07) is 24.3. The first-order valence-corrected chi connectivity index (χ1v) is 11.8. The van der Waals surface area contributed by atoms with Gasteiger partial charge in [-0.05, 0) is 48.7 Å². The van der Waals surface area contributed by atoms with Crippen molar-refractivity contribution in [3.05, 3.63) is 101 Å². The number of amides is 2. The zero-order valence-electron chi connectivity index (χ0n) is 19.7. The molecule has 0 radical (unpaired) electrons. The van der Waals surface area contributed by atoms with Crippen molar-refractivity contribution in [2.45, 2.75) is 38.8 Å². The maximum atomic E-state index is 13.4. The summed E-state index contributed by atoms with van der Waals surface area (Å²) in [5, 5.41) is 3.36. The molecule has 34 heavy (non-hydrogen) atoms. The number of carbonyl (C=O) groups is 2. The van der Waals surface area contributed by atoms with E-state index >= 15 is 0 Å². The molecule has 0 bridgehead atoms. The maximum absolute atomic E-state index is 13.4. The van der Waals surface area contributed by atoms with E-state index in [1.807, 2.05) is 73.7 Å². The number of nitrogens with one attached hydrogen (secondary N) is 1. The number of nitrogens with zero attached hydrogens (tertiary/aromatic N) is 1. The van der Waals surface area contributed by atoms with Crippen LogP contribution in [0.2, 0.25) is 5.02 Å². The van der Waals surface area contributed by atoms with Gasteiger partial charge in [0, 0.05) is 31.5 Å². The molecule has 2 amide bonds. The Morgan fingerprint density at radius 2 is 1.62 bits per heavy atom. The van der Waals surface area contributed by atoms with Crippen molar-refractivity contribution in [3.8, 4) is 5.75 Å². The van der Waals surface area contributed by atoms with Gasteiger partial charge in [-0.25, -0.2) is 0 Å². The monoisotopic (exact) mass is 478 g/mol. The molecule has 0 aromatic heterocycles. The Morgan fingerprint density at radius 3 is 2.26 bits per heavy atom. The van der Waals surface area contributed by atoms with Gasteiger partial charge in [0.15, 0.2) is 0 Å². The van der Waals surface area contributed by atoms with E-state index in [-0.39, 0.29) is 18.2 Å². The molecular weight excluding hydrogens is 448 g/mol. The number of aryl methyl sites for hydroxylation is 1. The third kappa shape index (κ3) is 7.63. The van der Waals surface area contributed by atoms with Crippen molar-refractivity contribution in [2.75, 3.05) is 13.7 Å². The Morgan fingerprint density at radius 1 is 0.941 bits per heavy atom. The van der Waals surface area contributed by atoms with E-state index in [0.29, 0.717) is 31.0 Å². The normalized spacial score (nSPS) is 11.5. The average molecular weight is 479 g/mol. The van der Waals surface area contributed by atoms with E-state index < -0.39 is 6.04 Å². The number of rotatable bonds is 11. The fourth-order valence-electron chi connectivity index (χ4n) is 3.70. The van der Waals surface area contributed by atoms with Crippen LogP contribution in [-0.2, 0) is 22.6 Å². The highest BCUT2D eigenvalue weighted by Gasteiger charge is 2.29. The standard InChI is InChI=1S/C28H31ClN2O3/c1-21-10-16-25(17-11-21)34-18-6-9-27(32)31(20-23-12-14-24(29)15-13-23)26(28(33)30-2)19-22-7-4-3-5-8-22/h3-5,7-8,10-17,26H,6,9,18-20H2,1-2H3,(H,30,33)/t26-/m1/s1. The quantitative estimate of drug-likeness (QED) is 0.386. The van der Waals surface area contributed by atoms with Gasteiger partial charge < -0.3 is 15.0 Å². The van der Waals surface area contributed by atoms with Gasteiger partial charge >= 0.3 is 0 Å². The minimum Gasteiger partial charge on any atom is -0.494 e. The number of ether oxygens (including phenoxy) is 1. The van der Waals surface area contributed by atoms with Crippen LogP contribution in [-0.4, -0.2) is 36.4 Å². The summed E-state index contributed by atoms with van der Waals surface area (Å²) in [4.78, 5) is 28.0. The molecule has 1 atom stereocenters. The second kappa shape index (κ2) is 12.8. The summed E-state index contributed by atoms with van der Waals surface area (Å²) in [5.74, 6) is 0.498. The highest BCUT2D eigenvalue weighted by atomic mass is 35.5. The SMILES string of the molecule is CNC(=O)[C@@H](Cc1ccccc1)N(Cc1ccc(Cl)cc1)C(=O)CCCOc1ccc(C)cc1. The molecule has 5 nitrogen and oxygen atoms in total. The summed E-state index contributed by atoms with van der Waals surface area (Å²) in [6.07, 6.45) is 1.26. The van der Waals surface area contributed by atoms with Gasteiger partial charge in [0.25, 0.3) is 0 Å². The van der Waals surface area contributed by atoms with E-state index in [1.165, 1.54) is 5.56 Å². The first-order valence-electron chi connectivity index (χ1n) is 11.4. The number of halogens is 1. The van der Waals surface area contributed by atoms with Crippen molar-refractivity contribution in [1.29, 1.82) is 0 Å². The molecular formula is C28H31ClN2O3. The second-order valence-electron chi connectivity index (χ2n) is 8.23. The predicted octanol–water partition coefficient (Wildman–Crippen LogP) is 5.19. The van der Waals surface area contributed by atoms with E-state index in [9.17, 15) is 9.59 Å². The summed E-state index contributed by atoms with van der Waals surface area (Å²) >= 11 is 6.04. The van der Waals surface area contributed by atoms with E-state index in [0.717, 1.165) is 16.9 Å². The molecule has 0 heterocycles. The van der Waals surface area contributed by atoms with Crippen LogP contribution in [0.15, 0.2) is 78.9 Å². The molecule has 0 spiro atoms. The third-order valence-corrected chi connectivity index (χ3v) is 5.86. The molecule has 178 valence electrons. The van der Waals surface area contributed by atoms with Crippen LogP contribution in [0, 0.1) is 6.92 Å². The lowest BCUT2D eigenvalue weighted by molar-refractivity contribution is -0.141. The Kier molecular flexibility index (Phi) is 9.53. The zero-order chi connectivity index (χ0) is 24.3. The summed E-state index contributed by atoms with van der Waals surface area (Å²) < 4.78 is 5.78. The zero-order valence-corrected chi connectivity index (χ0v) is 20.4. The van der Waals surface area contributed by atoms with Crippen molar-refractivity contribution < 1.29 is 14.3 Å². The van der Waals surface area contributed by atoms with Crippen molar-refractivity contribution in [1.82, 2.24) is 10.2 Å². The highest BCUT2D eigenvalue weighted by molar-refractivity contribution is 6.30. The van der Waals surface area contributed by atoms with Crippen LogP contribution in [0.3, 0.4) is 0 Å². The smallest absolute Gasteiger partial charge is 0.242 e. The van der Waals surface area contributed by atoms with Gasteiger partial charge in [-0.1, -0.05) is 71.8 Å². The Bertz CT molecular complexity index is 1050. The van der Waals surface area contributed by atoms with Crippen LogP contribution in [0.5, 0.6) is 5.75 Å². The minimum atomic E-state index is -0.631. The lowest BCUT2D eigenvalue weighted by atomic mass is 10.0. The first kappa shape index (κ1) is 25.3. The van der Waals surface area contributed by atoms with Gasteiger partial charge in [-0.3, -0.25) is 9.59 Å². The molecule has 0 aliphatic rings. The topological polar surface area (TPSA) is 58.6 Å². The molecule has 0 aliphatic carbocycles. The third-order valence-electron chi connectivity index (χ3n) is 5.61. The van der Waals surface area contributed by atoms with E-state index in [4.69, 9.17) is 16.3 Å². The maximum Gasteiger partial charge on any atom is 0.242 e. The van der Waals surface area contributed by atoms with E-state index in [2.05, 4.69) is 5.32 Å². The fourth-order valence-corrected chi connectivity index (χ4v) is 3.82.